The monoisotopic (exact) mass is 217 g/mol. The van der Waals surface area contributed by atoms with Crippen molar-refractivity contribution in [1.29, 1.82) is 0 Å². The normalized spacial score (nSPS) is 31.3. The summed E-state index contributed by atoms with van der Waals surface area (Å²) in [6.07, 6.45) is 4.35. The van der Waals surface area contributed by atoms with Gasteiger partial charge in [0.05, 0.1) is 0 Å². The quantitative estimate of drug-likeness (QED) is 0.571. The third kappa shape index (κ3) is 4.43. The number of hydrogen-bond donors (Lipinski definition) is 1. The summed E-state index contributed by atoms with van der Waals surface area (Å²) in [5, 5.41) is 1.57. The van der Waals surface area contributed by atoms with E-state index in [4.69, 9.17) is 0 Å². The maximum Gasteiger partial charge on any atom is 0.0164 e. The zero-order chi connectivity index (χ0) is 9.68. The SMILES string of the molecule is CC1CN(CC=CCS)CC(C)S1. The maximum atomic E-state index is 4.14. The molecule has 0 spiro atoms. The van der Waals surface area contributed by atoms with Gasteiger partial charge in [0, 0.05) is 35.9 Å². The topological polar surface area (TPSA) is 3.24 Å². The van der Waals surface area contributed by atoms with Crippen LogP contribution < -0.4 is 0 Å². The minimum absolute atomic E-state index is 0.785. The van der Waals surface area contributed by atoms with Gasteiger partial charge in [0.15, 0.2) is 0 Å². The summed E-state index contributed by atoms with van der Waals surface area (Å²) in [6.45, 7) is 8.18. The van der Waals surface area contributed by atoms with Crippen LogP contribution in [0.2, 0.25) is 0 Å². The lowest BCUT2D eigenvalue weighted by Gasteiger charge is -2.33. The fourth-order valence-electron chi connectivity index (χ4n) is 1.73. The van der Waals surface area contributed by atoms with E-state index in [9.17, 15) is 0 Å². The molecular formula is C10H19NS2. The molecule has 0 aromatic heterocycles. The second-order valence-corrected chi connectivity index (χ2v) is 5.88. The molecule has 1 heterocycles. The Kier molecular flexibility index (Phi) is 5.29. The van der Waals surface area contributed by atoms with E-state index in [1.165, 1.54) is 13.1 Å². The first-order chi connectivity index (χ1) is 6.22. The Labute approximate surface area is 91.4 Å². The van der Waals surface area contributed by atoms with Gasteiger partial charge in [-0.25, -0.2) is 0 Å². The van der Waals surface area contributed by atoms with E-state index in [1.807, 2.05) is 0 Å². The molecule has 3 heteroatoms. The predicted molar refractivity (Wildman–Crippen MR) is 65.9 cm³/mol. The average Bonchev–Trinajstić information content (AvgIpc) is 2.03. The van der Waals surface area contributed by atoms with Gasteiger partial charge in [-0.3, -0.25) is 4.90 Å². The van der Waals surface area contributed by atoms with Crippen LogP contribution in [0, 0.1) is 0 Å². The third-order valence-electron chi connectivity index (χ3n) is 2.13. The predicted octanol–water partition coefficient (Wildman–Crippen LogP) is 2.30. The van der Waals surface area contributed by atoms with Crippen LogP contribution in [0.4, 0.5) is 0 Å². The zero-order valence-corrected chi connectivity index (χ0v) is 10.2. The van der Waals surface area contributed by atoms with E-state index in [1.54, 1.807) is 0 Å². The van der Waals surface area contributed by atoms with Crippen molar-refractivity contribution in [2.75, 3.05) is 25.4 Å². The van der Waals surface area contributed by atoms with Crippen molar-refractivity contribution in [3.05, 3.63) is 12.2 Å². The van der Waals surface area contributed by atoms with Gasteiger partial charge in [0.1, 0.15) is 0 Å². The smallest absolute Gasteiger partial charge is 0.0164 e. The van der Waals surface area contributed by atoms with Crippen molar-refractivity contribution in [2.45, 2.75) is 24.3 Å². The molecule has 2 atom stereocenters. The molecule has 13 heavy (non-hydrogen) atoms. The molecular weight excluding hydrogens is 198 g/mol. The fraction of sp³-hybridized carbons (Fsp3) is 0.800. The van der Waals surface area contributed by atoms with Gasteiger partial charge >= 0.3 is 0 Å². The first-order valence-corrected chi connectivity index (χ1v) is 6.43. The second-order valence-electron chi connectivity index (χ2n) is 3.63. The van der Waals surface area contributed by atoms with Crippen molar-refractivity contribution in [1.82, 2.24) is 4.90 Å². The Morgan fingerprint density at radius 3 is 2.46 bits per heavy atom. The summed E-state index contributed by atoms with van der Waals surface area (Å²) in [5.41, 5.74) is 0. The van der Waals surface area contributed by atoms with Crippen molar-refractivity contribution < 1.29 is 0 Å². The van der Waals surface area contributed by atoms with Crippen LogP contribution in [0.15, 0.2) is 12.2 Å². The summed E-state index contributed by atoms with van der Waals surface area (Å²) in [6, 6.07) is 0. The minimum Gasteiger partial charge on any atom is -0.298 e. The van der Waals surface area contributed by atoms with Crippen molar-refractivity contribution >= 4 is 24.4 Å². The molecule has 0 bridgehead atoms. The molecule has 2 unspecified atom stereocenters. The van der Waals surface area contributed by atoms with E-state index in [0.717, 1.165) is 22.8 Å². The molecule has 1 aliphatic rings. The van der Waals surface area contributed by atoms with E-state index in [0.29, 0.717) is 0 Å². The molecule has 0 aliphatic carbocycles. The maximum absolute atomic E-state index is 4.14. The number of thioether (sulfide) groups is 1. The third-order valence-corrected chi connectivity index (χ3v) is 3.57. The van der Waals surface area contributed by atoms with Crippen molar-refractivity contribution in [2.24, 2.45) is 0 Å². The highest BCUT2D eigenvalue weighted by Gasteiger charge is 2.20. The summed E-state index contributed by atoms with van der Waals surface area (Å²) >= 11 is 6.25. The van der Waals surface area contributed by atoms with Gasteiger partial charge in [-0.15, -0.1) is 0 Å². The van der Waals surface area contributed by atoms with Crippen LogP contribution in [-0.2, 0) is 0 Å². The Balaban J connectivity index is 2.28. The molecule has 0 aromatic carbocycles. The summed E-state index contributed by atoms with van der Waals surface area (Å²) in [7, 11) is 0. The van der Waals surface area contributed by atoms with E-state index in [-0.39, 0.29) is 0 Å². The number of thiol groups is 1. The van der Waals surface area contributed by atoms with Gasteiger partial charge in [0.25, 0.3) is 0 Å². The molecule has 1 rings (SSSR count). The zero-order valence-electron chi connectivity index (χ0n) is 8.44. The van der Waals surface area contributed by atoms with Crippen LogP contribution >= 0.6 is 24.4 Å². The minimum atomic E-state index is 0.785. The van der Waals surface area contributed by atoms with Gasteiger partial charge in [-0.05, 0) is 0 Å². The van der Waals surface area contributed by atoms with Crippen LogP contribution in [0.25, 0.3) is 0 Å². The molecule has 0 N–H and O–H groups in total. The summed E-state index contributed by atoms with van der Waals surface area (Å²) < 4.78 is 0. The average molecular weight is 217 g/mol. The van der Waals surface area contributed by atoms with Crippen molar-refractivity contribution in [3.8, 4) is 0 Å². The summed E-state index contributed by atoms with van der Waals surface area (Å²) in [4.78, 5) is 2.52. The van der Waals surface area contributed by atoms with Crippen LogP contribution in [-0.4, -0.2) is 40.8 Å². The van der Waals surface area contributed by atoms with Crippen LogP contribution in [0.1, 0.15) is 13.8 Å². The first kappa shape index (κ1) is 11.5. The number of nitrogens with zero attached hydrogens (tertiary/aromatic N) is 1. The lowest BCUT2D eigenvalue weighted by atomic mass is 10.3. The number of rotatable bonds is 3. The van der Waals surface area contributed by atoms with Crippen LogP contribution in [0.3, 0.4) is 0 Å². The standard InChI is InChI=1S/C10H19NS2/c1-9-7-11(5-3-4-6-12)8-10(2)13-9/h3-4,9-10,12H,5-8H2,1-2H3. The van der Waals surface area contributed by atoms with Gasteiger partial charge in [-0.1, -0.05) is 26.0 Å². The Morgan fingerprint density at radius 1 is 1.31 bits per heavy atom. The highest BCUT2D eigenvalue weighted by molar-refractivity contribution is 8.00. The largest absolute Gasteiger partial charge is 0.298 e. The molecule has 0 aromatic rings. The lowest BCUT2D eigenvalue weighted by Crippen LogP contribution is -2.40. The second kappa shape index (κ2) is 5.99. The highest BCUT2D eigenvalue weighted by Crippen LogP contribution is 2.24. The molecule has 0 radical (unpaired) electrons. The Hall–Kier alpha value is 0.400. The molecule has 1 fully saturated rings. The molecule has 0 saturated carbocycles. The fourth-order valence-corrected chi connectivity index (χ4v) is 3.27. The van der Waals surface area contributed by atoms with Gasteiger partial charge in [0.2, 0.25) is 0 Å². The van der Waals surface area contributed by atoms with E-state index < -0.39 is 0 Å². The van der Waals surface area contributed by atoms with E-state index >= 15 is 0 Å². The van der Waals surface area contributed by atoms with Gasteiger partial charge in [-0.2, -0.15) is 24.4 Å². The Morgan fingerprint density at radius 2 is 1.92 bits per heavy atom. The number of hydrogen-bond acceptors (Lipinski definition) is 3. The molecule has 0 amide bonds. The molecule has 1 aliphatic heterocycles. The molecule has 1 nitrogen and oxygen atoms in total. The Bertz CT molecular complexity index is 160. The van der Waals surface area contributed by atoms with E-state index in [2.05, 4.69) is 55.3 Å². The summed E-state index contributed by atoms with van der Waals surface area (Å²) in [5.74, 6) is 0.855. The van der Waals surface area contributed by atoms with Crippen LogP contribution in [0.5, 0.6) is 0 Å². The molecule has 1 saturated heterocycles. The molecule has 76 valence electrons. The lowest BCUT2D eigenvalue weighted by molar-refractivity contribution is 0.299. The highest BCUT2D eigenvalue weighted by atomic mass is 32.2. The van der Waals surface area contributed by atoms with Crippen molar-refractivity contribution in [3.63, 3.8) is 0 Å². The van der Waals surface area contributed by atoms with Gasteiger partial charge < -0.3 is 0 Å². The first-order valence-electron chi connectivity index (χ1n) is 4.86.